The summed E-state index contributed by atoms with van der Waals surface area (Å²) >= 11 is 0. The van der Waals surface area contributed by atoms with E-state index in [9.17, 15) is 14.4 Å². The molecule has 1 saturated heterocycles. The molecule has 0 bridgehead atoms. The molecule has 140 valence electrons. The van der Waals surface area contributed by atoms with Crippen molar-refractivity contribution in [3.63, 3.8) is 0 Å². The van der Waals surface area contributed by atoms with Gasteiger partial charge in [0.05, 0.1) is 26.5 Å². The molecule has 0 unspecified atom stereocenters. The smallest absolute Gasteiger partial charge is 0.331 e. The number of imide groups is 2. The third-order valence-corrected chi connectivity index (χ3v) is 3.88. The minimum absolute atomic E-state index is 0.0745. The summed E-state index contributed by atoms with van der Waals surface area (Å²) in [5.74, 6) is -0.00827. The van der Waals surface area contributed by atoms with Crippen LogP contribution in [0.3, 0.4) is 0 Å². The Morgan fingerprint density at radius 1 is 1.19 bits per heavy atom. The minimum atomic E-state index is -0.789. The highest BCUT2D eigenvalue weighted by molar-refractivity contribution is 6.30. The van der Waals surface area contributed by atoms with Crippen molar-refractivity contribution >= 4 is 23.9 Å². The molecule has 0 saturated carbocycles. The Morgan fingerprint density at radius 2 is 2.00 bits per heavy atom. The number of hydrogen-bond donors (Lipinski definition) is 1. The summed E-state index contributed by atoms with van der Waals surface area (Å²) in [4.78, 5) is 37.8. The molecule has 1 aromatic carbocycles. The molecule has 1 N–H and O–H groups in total. The molecular weight excluding hydrogens is 352 g/mol. The Kier molecular flexibility index (Phi) is 5.25. The molecule has 27 heavy (non-hydrogen) atoms. The van der Waals surface area contributed by atoms with Gasteiger partial charge in [0.15, 0.2) is 11.5 Å². The van der Waals surface area contributed by atoms with Gasteiger partial charge >= 0.3 is 6.03 Å². The third kappa shape index (κ3) is 3.84. The first-order valence-electron chi connectivity index (χ1n) is 8.25. The number of nitrogens with zero attached hydrogens (tertiary/aromatic N) is 1. The Hall–Kier alpha value is -3.55. The molecule has 1 fully saturated rings. The summed E-state index contributed by atoms with van der Waals surface area (Å²) in [5.41, 5.74) is 0.397. The van der Waals surface area contributed by atoms with Crippen LogP contribution >= 0.6 is 0 Å². The van der Waals surface area contributed by atoms with Crippen LogP contribution in [0.25, 0.3) is 6.08 Å². The van der Waals surface area contributed by atoms with Crippen LogP contribution in [0.5, 0.6) is 11.5 Å². The van der Waals surface area contributed by atoms with E-state index in [1.54, 1.807) is 30.3 Å². The van der Waals surface area contributed by atoms with Gasteiger partial charge in [-0.25, -0.2) is 4.79 Å². The van der Waals surface area contributed by atoms with Crippen LogP contribution in [0.4, 0.5) is 4.79 Å². The molecular formula is C19H18N2O6. The Bertz CT molecular complexity index is 901. The van der Waals surface area contributed by atoms with Gasteiger partial charge in [0, 0.05) is 0 Å². The Morgan fingerprint density at radius 3 is 2.67 bits per heavy atom. The van der Waals surface area contributed by atoms with Gasteiger partial charge in [0.2, 0.25) is 0 Å². The van der Waals surface area contributed by atoms with E-state index in [1.807, 2.05) is 6.92 Å². The molecule has 3 rings (SSSR count). The van der Waals surface area contributed by atoms with Gasteiger partial charge in [-0.2, -0.15) is 0 Å². The van der Waals surface area contributed by atoms with Gasteiger partial charge in [0.1, 0.15) is 11.3 Å². The molecule has 8 heteroatoms. The second-order valence-electron chi connectivity index (χ2n) is 5.63. The first-order valence-corrected chi connectivity index (χ1v) is 8.25. The number of urea groups is 1. The maximum Gasteiger partial charge on any atom is 0.331 e. The van der Waals surface area contributed by atoms with Crippen molar-refractivity contribution in [2.45, 2.75) is 13.5 Å². The van der Waals surface area contributed by atoms with Crippen LogP contribution in [0.1, 0.15) is 18.2 Å². The molecule has 2 aromatic rings. The van der Waals surface area contributed by atoms with E-state index in [2.05, 4.69) is 5.32 Å². The Balaban J connectivity index is 1.90. The quantitative estimate of drug-likeness (QED) is 0.619. The van der Waals surface area contributed by atoms with E-state index in [-0.39, 0.29) is 12.1 Å². The van der Waals surface area contributed by atoms with Gasteiger partial charge in [-0.05, 0) is 42.8 Å². The summed E-state index contributed by atoms with van der Waals surface area (Å²) < 4.78 is 15.9. The molecule has 1 aromatic heterocycles. The fraction of sp³-hybridized carbons (Fsp3) is 0.211. The van der Waals surface area contributed by atoms with Crippen LogP contribution in [-0.4, -0.2) is 36.5 Å². The summed E-state index contributed by atoms with van der Waals surface area (Å²) in [6.45, 7) is 2.25. The lowest BCUT2D eigenvalue weighted by Gasteiger charge is -2.25. The molecule has 8 nitrogen and oxygen atoms in total. The molecule has 2 heterocycles. The standard InChI is InChI=1S/C19H18N2O6/c1-3-26-15-7-6-12(10-16(15)25-2)9-14-17(22)20-19(24)21(18(14)23)11-13-5-4-8-27-13/h4-10H,3,11H2,1-2H3,(H,20,22,24). The first-order chi connectivity index (χ1) is 13.0. The van der Waals surface area contributed by atoms with E-state index in [1.165, 1.54) is 19.4 Å². The summed E-state index contributed by atoms with van der Waals surface area (Å²) in [6, 6.07) is 7.52. The maximum atomic E-state index is 12.7. The van der Waals surface area contributed by atoms with Gasteiger partial charge in [-0.3, -0.25) is 19.8 Å². The topological polar surface area (TPSA) is 98.1 Å². The fourth-order valence-corrected chi connectivity index (χ4v) is 2.61. The molecule has 0 spiro atoms. The highest BCUT2D eigenvalue weighted by Crippen LogP contribution is 2.29. The summed E-state index contributed by atoms with van der Waals surface area (Å²) in [5, 5.41) is 2.16. The van der Waals surface area contributed by atoms with Gasteiger partial charge in [0.25, 0.3) is 11.8 Å². The van der Waals surface area contributed by atoms with Gasteiger partial charge < -0.3 is 13.9 Å². The number of methoxy groups -OCH3 is 1. The van der Waals surface area contributed by atoms with E-state index in [4.69, 9.17) is 13.9 Å². The lowest BCUT2D eigenvalue weighted by atomic mass is 10.1. The maximum absolute atomic E-state index is 12.7. The van der Waals surface area contributed by atoms with Crippen LogP contribution in [0, 0.1) is 0 Å². The van der Waals surface area contributed by atoms with Crippen molar-refractivity contribution < 1.29 is 28.3 Å². The number of carbonyl (C=O) groups excluding carboxylic acids is 3. The second kappa shape index (κ2) is 7.77. The fourth-order valence-electron chi connectivity index (χ4n) is 2.61. The second-order valence-corrected chi connectivity index (χ2v) is 5.63. The van der Waals surface area contributed by atoms with E-state index in [0.717, 1.165) is 4.90 Å². The van der Waals surface area contributed by atoms with Crippen molar-refractivity contribution in [1.82, 2.24) is 10.2 Å². The monoisotopic (exact) mass is 370 g/mol. The van der Waals surface area contributed by atoms with Crippen molar-refractivity contribution in [1.29, 1.82) is 0 Å². The summed E-state index contributed by atoms with van der Waals surface area (Å²) in [7, 11) is 1.50. The predicted molar refractivity (Wildman–Crippen MR) is 94.9 cm³/mol. The normalized spacial score (nSPS) is 15.9. The Labute approximate surface area is 155 Å². The number of amides is 4. The van der Waals surface area contributed by atoms with Crippen molar-refractivity contribution in [3.8, 4) is 11.5 Å². The molecule has 1 aliphatic rings. The van der Waals surface area contributed by atoms with Crippen LogP contribution in [0.2, 0.25) is 0 Å². The van der Waals surface area contributed by atoms with E-state index >= 15 is 0 Å². The van der Waals surface area contributed by atoms with Crippen LogP contribution in [-0.2, 0) is 16.1 Å². The number of furan rings is 1. The molecule has 1 aliphatic heterocycles. The highest BCUT2D eigenvalue weighted by Gasteiger charge is 2.36. The average Bonchev–Trinajstić information content (AvgIpc) is 3.16. The number of benzene rings is 1. The number of carbonyl (C=O) groups is 3. The van der Waals surface area contributed by atoms with Crippen molar-refractivity contribution in [3.05, 3.63) is 53.5 Å². The largest absolute Gasteiger partial charge is 0.493 e. The zero-order valence-electron chi connectivity index (χ0n) is 14.9. The zero-order chi connectivity index (χ0) is 19.4. The molecule has 0 atom stereocenters. The number of rotatable bonds is 6. The lowest BCUT2D eigenvalue weighted by molar-refractivity contribution is -0.130. The molecule has 0 radical (unpaired) electrons. The van der Waals surface area contributed by atoms with Gasteiger partial charge in [-0.1, -0.05) is 6.07 Å². The summed E-state index contributed by atoms with van der Waals surface area (Å²) in [6.07, 6.45) is 2.84. The highest BCUT2D eigenvalue weighted by atomic mass is 16.5. The molecule has 4 amide bonds. The number of ether oxygens (including phenoxy) is 2. The van der Waals surface area contributed by atoms with Crippen molar-refractivity contribution in [2.75, 3.05) is 13.7 Å². The third-order valence-electron chi connectivity index (χ3n) is 3.88. The SMILES string of the molecule is CCOc1ccc(C=C2C(=O)NC(=O)N(Cc3ccco3)C2=O)cc1OC. The van der Waals surface area contributed by atoms with Gasteiger partial charge in [-0.15, -0.1) is 0 Å². The van der Waals surface area contributed by atoms with Crippen LogP contribution in [0.15, 0.2) is 46.6 Å². The van der Waals surface area contributed by atoms with E-state index < -0.39 is 17.8 Å². The average molecular weight is 370 g/mol. The first kappa shape index (κ1) is 18.2. The minimum Gasteiger partial charge on any atom is -0.493 e. The predicted octanol–water partition coefficient (Wildman–Crippen LogP) is 2.35. The number of barbiturate groups is 1. The number of hydrogen-bond acceptors (Lipinski definition) is 6. The zero-order valence-corrected chi connectivity index (χ0v) is 14.9. The van der Waals surface area contributed by atoms with E-state index in [0.29, 0.717) is 29.4 Å². The number of nitrogens with one attached hydrogen (secondary N) is 1. The van der Waals surface area contributed by atoms with Crippen LogP contribution < -0.4 is 14.8 Å². The molecule has 0 aliphatic carbocycles. The lowest BCUT2D eigenvalue weighted by Crippen LogP contribution is -2.53. The van der Waals surface area contributed by atoms with Crippen molar-refractivity contribution in [2.24, 2.45) is 0 Å².